The van der Waals surface area contributed by atoms with Gasteiger partial charge in [-0.05, 0) is 37.9 Å². The Morgan fingerprint density at radius 3 is 2.75 bits per heavy atom. The van der Waals surface area contributed by atoms with Crippen LogP contribution >= 0.6 is 12.2 Å². The predicted octanol–water partition coefficient (Wildman–Crippen LogP) is 1.62. The third kappa shape index (κ3) is 0.924. The molecule has 5 heteroatoms. The highest BCUT2D eigenvalue weighted by atomic mass is 32.1. The second-order valence-corrected chi connectivity index (χ2v) is 3.71. The molecule has 0 saturated heterocycles. The number of hydrogen-bond donors (Lipinski definition) is 1. The lowest BCUT2D eigenvalue weighted by Crippen LogP contribution is -2.40. The predicted molar refractivity (Wildman–Crippen MR) is 47.3 cm³/mol. The maximum Gasteiger partial charge on any atom is 0.238 e. The minimum Gasteiger partial charge on any atom is -0.236 e. The third-order valence-corrected chi connectivity index (χ3v) is 3.15. The molecule has 1 saturated carbocycles. The van der Waals surface area contributed by atoms with Crippen LogP contribution in [0.2, 0.25) is 0 Å². The van der Waals surface area contributed by atoms with Crippen molar-refractivity contribution >= 4 is 12.2 Å². The molecular weight excluding hydrogens is 172 g/mol. The molecule has 0 bridgehead atoms. The van der Waals surface area contributed by atoms with E-state index in [0.717, 1.165) is 6.42 Å². The van der Waals surface area contributed by atoms with Crippen molar-refractivity contribution in [1.82, 2.24) is 20.2 Å². The molecule has 1 N–H and O–H groups in total. The third-order valence-electron chi connectivity index (χ3n) is 2.89. The van der Waals surface area contributed by atoms with E-state index in [1.807, 2.05) is 4.68 Å². The first-order valence-electron chi connectivity index (χ1n) is 4.29. The van der Waals surface area contributed by atoms with Crippen molar-refractivity contribution in [2.75, 3.05) is 0 Å². The van der Waals surface area contributed by atoms with Gasteiger partial charge in [0.25, 0.3) is 0 Å². The van der Waals surface area contributed by atoms with Crippen molar-refractivity contribution in [2.24, 2.45) is 0 Å². The molecule has 0 spiro atoms. The van der Waals surface area contributed by atoms with Crippen LogP contribution in [0.3, 0.4) is 0 Å². The van der Waals surface area contributed by atoms with Crippen molar-refractivity contribution in [3.63, 3.8) is 0 Å². The normalized spacial score (nSPS) is 20.4. The van der Waals surface area contributed by atoms with Crippen LogP contribution in [0.5, 0.6) is 0 Å². The van der Waals surface area contributed by atoms with Crippen LogP contribution in [0.15, 0.2) is 0 Å². The monoisotopic (exact) mass is 184 g/mol. The van der Waals surface area contributed by atoms with Gasteiger partial charge in [0.15, 0.2) is 0 Å². The fourth-order valence-electron chi connectivity index (χ4n) is 1.83. The Morgan fingerprint density at radius 1 is 1.67 bits per heavy atom. The topological polar surface area (TPSA) is 46.5 Å². The summed E-state index contributed by atoms with van der Waals surface area (Å²) in [6, 6.07) is 0. The second kappa shape index (κ2) is 2.65. The lowest BCUT2D eigenvalue weighted by atomic mass is 9.75. The van der Waals surface area contributed by atoms with Crippen LogP contribution < -0.4 is 0 Å². The fraction of sp³-hybridized carbons (Fsp3) is 0.857. The lowest BCUT2D eigenvalue weighted by Gasteiger charge is -2.40. The molecule has 0 unspecified atom stereocenters. The Kier molecular flexibility index (Phi) is 1.75. The minimum atomic E-state index is 0.209. The molecule has 1 aliphatic carbocycles. The molecule has 1 aromatic heterocycles. The summed E-state index contributed by atoms with van der Waals surface area (Å²) in [5, 5.41) is 10.3. The largest absolute Gasteiger partial charge is 0.238 e. The van der Waals surface area contributed by atoms with E-state index in [2.05, 4.69) is 22.4 Å². The molecule has 1 fully saturated rings. The highest BCUT2D eigenvalue weighted by Crippen LogP contribution is 2.41. The maximum absolute atomic E-state index is 5.06. The van der Waals surface area contributed by atoms with Gasteiger partial charge in [0.1, 0.15) is 0 Å². The van der Waals surface area contributed by atoms with Gasteiger partial charge in [0, 0.05) is 0 Å². The first kappa shape index (κ1) is 7.91. The molecule has 1 aromatic rings. The van der Waals surface area contributed by atoms with Gasteiger partial charge in [-0.2, -0.15) is 5.21 Å². The molecule has 0 radical (unpaired) electrons. The number of hydrogen-bond acceptors (Lipinski definition) is 3. The van der Waals surface area contributed by atoms with Gasteiger partial charge in [0.05, 0.1) is 5.54 Å². The zero-order valence-corrected chi connectivity index (χ0v) is 7.89. The maximum atomic E-state index is 5.06. The number of tetrazole rings is 1. The highest BCUT2D eigenvalue weighted by molar-refractivity contribution is 7.71. The van der Waals surface area contributed by atoms with Crippen molar-refractivity contribution in [2.45, 2.75) is 38.1 Å². The van der Waals surface area contributed by atoms with E-state index in [9.17, 15) is 0 Å². The minimum absolute atomic E-state index is 0.209. The van der Waals surface area contributed by atoms with Crippen LogP contribution in [0.4, 0.5) is 0 Å². The van der Waals surface area contributed by atoms with Crippen molar-refractivity contribution in [3.8, 4) is 0 Å². The van der Waals surface area contributed by atoms with Gasteiger partial charge in [-0.15, -0.1) is 0 Å². The van der Waals surface area contributed by atoms with E-state index in [1.165, 1.54) is 19.3 Å². The number of aromatic nitrogens is 4. The molecule has 0 amide bonds. The molecule has 2 rings (SSSR count). The summed E-state index contributed by atoms with van der Waals surface area (Å²) < 4.78 is 2.52. The molecule has 1 heterocycles. The Hall–Kier alpha value is -0.710. The Balaban J connectivity index is 2.40. The van der Waals surface area contributed by atoms with E-state index in [-0.39, 0.29) is 5.54 Å². The smallest absolute Gasteiger partial charge is 0.236 e. The van der Waals surface area contributed by atoms with E-state index in [4.69, 9.17) is 12.2 Å². The van der Waals surface area contributed by atoms with E-state index in [1.54, 1.807) is 0 Å². The molecule has 0 aliphatic heterocycles. The average Bonchev–Trinajstić information content (AvgIpc) is 2.36. The summed E-state index contributed by atoms with van der Waals surface area (Å²) in [7, 11) is 0. The number of nitrogens with one attached hydrogen (secondary N) is 1. The number of nitrogens with zero attached hydrogens (tertiary/aromatic N) is 3. The molecule has 0 atom stereocenters. The lowest BCUT2D eigenvalue weighted by molar-refractivity contribution is 0.114. The molecular formula is C7H12N4S. The summed E-state index contributed by atoms with van der Waals surface area (Å²) in [6.45, 7) is 2.18. The summed E-state index contributed by atoms with van der Waals surface area (Å²) in [6.07, 6.45) is 4.78. The van der Waals surface area contributed by atoms with Gasteiger partial charge >= 0.3 is 0 Å². The van der Waals surface area contributed by atoms with Crippen LogP contribution in [0.25, 0.3) is 0 Å². The molecule has 66 valence electrons. The molecule has 12 heavy (non-hydrogen) atoms. The fourth-order valence-corrected chi connectivity index (χ4v) is 2.10. The van der Waals surface area contributed by atoms with Crippen molar-refractivity contribution in [1.29, 1.82) is 0 Å². The number of aromatic amines is 1. The summed E-state index contributed by atoms with van der Waals surface area (Å²) in [5.41, 5.74) is 0.209. The van der Waals surface area contributed by atoms with Crippen LogP contribution in [0.1, 0.15) is 32.6 Å². The number of H-pyrrole nitrogens is 1. The van der Waals surface area contributed by atoms with Gasteiger partial charge in [-0.3, -0.25) is 0 Å². The zero-order chi connectivity index (χ0) is 8.60. The van der Waals surface area contributed by atoms with Crippen LogP contribution in [-0.4, -0.2) is 20.2 Å². The number of rotatable bonds is 2. The highest BCUT2D eigenvalue weighted by Gasteiger charge is 2.38. The van der Waals surface area contributed by atoms with Gasteiger partial charge in [0.2, 0.25) is 4.77 Å². The Labute approximate surface area is 76.0 Å². The van der Waals surface area contributed by atoms with Crippen LogP contribution in [-0.2, 0) is 5.54 Å². The molecule has 1 aliphatic rings. The summed E-state index contributed by atoms with van der Waals surface area (Å²) in [5.74, 6) is 0. The van der Waals surface area contributed by atoms with E-state index in [0.29, 0.717) is 4.77 Å². The van der Waals surface area contributed by atoms with E-state index >= 15 is 0 Å². The molecule has 4 nitrogen and oxygen atoms in total. The standard InChI is InChI=1S/C7H12N4S/c1-2-7(4-3-5-7)11-6(12)8-9-10-11/h2-5H2,1H3,(H,8,10,12). The summed E-state index contributed by atoms with van der Waals surface area (Å²) in [4.78, 5) is 0. The van der Waals surface area contributed by atoms with Crippen molar-refractivity contribution < 1.29 is 0 Å². The quantitative estimate of drug-likeness (QED) is 0.710. The zero-order valence-electron chi connectivity index (χ0n) is 7.08. The average molecular weight is 184 g/mol. The van der Waals surface area contributed by atoms with E-state index < -0.39 is 0 Å². The first-order chi connectivity index (χ1) is 5.78. The Morgan fingerprint density at radius 2 is 2.42 bits per heavy atom. The second-order valence-electron chi connectivity index (χ2n) is 3.35. The van der Waals surface area contributed by atoms with Gasteiger partial charge in [-0.1, -0.05) is 17.2 Å². The summed E-state index contributed by atoms with van der Waals surface area (Å²) >= 11 is 5.06. The Bertz CT molecular complexity index is 317. The van der Waals surface area contributed by atoms with Gasteiger partial charge < -0.3 is 0 Å². The van der Waals surface area contributed by atoms with Crippen molar-refractivity contribution in [3.05, 3.63) is 4.77 Å². The first-order valence-corrected chi connectivity index (χ1v) is 4.70. The van der Waals surface area contributed by atoms with Crippen LogP contribution in [0, 0.1) is 4.77 Å². The SMILES string of the molecule is CCC1(n2[nH]nnc2=S)CCC1. The molecule has 0 aromatic carbocycles. The van der Waals surface area contributed by atoms with Gasteiger partial charge in [-0.25, -0.2) is 4.68 Å².